The van der Waals surface area contributed by atoms with Gasteiger partial charge in [0.1, 0.15) is 18.1 Å². The predicted molar refractivity (Wildman–Crippen MR) is 76.8 cm³/mol. The summed E-state index contributed by atoms with van der Waals surface area (Å²) in [5.74, 6) is 0.886. The van der Waals surface area contributed by atoms with Crippen LogP contribution in [0.5, 0.6) is 11.5 Å². The number of carbonyl (C=O) groups excluding carboxylic acids is 1. The van der Waals surface area contributed by atoms with Crippen molar-refractivity contribution in [2.75, 3.05) is 7.11 Å². The number of methoxy groups -OCH3 is 1. The summed E-state index contributed by atoms with van der Waals surface area (Å²) in [7, 11) is 1.33. The van der Waals surface area contributed by atoms with E-state index in [2.05, 4.69) is 10.2 Å². The summed E-state index contributed by atoms with van der Waals surface area (Å²) in [4.78, 5) is 11.6. The van der Waals surface area contributed by atoms with Crippen LogP contribution in [0.3, 0.4) is 0 Å². The Balaban J connectivity index is 1.84. The molecule has 3 aromatic rings. The number of aromatic hydroxyl groups is 1. The molecule has 0 aliphatic rings. The topological polar surface area (TPSA) is 86.0 Å². The summed E-state index contributed by atoms with van der Waals surface area (Å²) in [5.41, 5.74) is 1.01. The van der Waals surface area contributed by atoms with E-state index in [-0.39, 0.29) is 12.4 Å². The number of ether oxygens (including phenoxy) is 2. The molecule has 7 nitrogen and oxygen atoms in total. The predicted octanol–water partition coefficient (Wildman–Crippen LogP) is 1.80. The molecule has 0 aliphatic carbocycles. The number of aromatic nitrogens is 3. The maximum absolute atomic E-state index is 11.6. The van der Waals surface area contributed by atoms with E-state index >= 15 is 0 Å². The van der Waals surface area contributed by atoms with E-state index in [4.69, 9.17) is 9.47 Å². The lowest BCUT2D eigenvalue weighted by Gasteiger charge is -2.06. The van der Waals surface area contributed by atoms with Crippen LogP contribution in [0.15, 0.2) is 42.6 Å². The van der Waals surface area contributed by atoms with Crippen LogP contribution in [-0.4, -0.2) is 32.8 Å². The van der Waals surface area contributed by atoms with Crippen LogP contribution >= 0.6 is 0 Å². The highest BCUT2D eigenvalue weighted by Crippen LogP contribution is 2.17. The molecule has 0 bridgehead atoms. The molecule has 0 saturated heterocycles. The highest BCUT2D eigenvalue weighted by molar-refractivity contribution is 5.89. The summed E-state index contributed by atoms with van der Waals surface area (Å²) in [6.07, 6.45) is 1.61. The molecule has 7 heteroatoms. The van der Waals surface area contributed by atoms with Gasteiger partial charge in [0.15, 0.2) is 11.5 Å². The lowest BCUT2D eigenvalue weighted by Crippen LogP contribution is -2.05. The van der Waals surface area contributed by atoms with Crippen LogP contribution in [0.1, 0.15) is 16.2 Å². The van der Waals surface area contributed by atoms with Crippen molar-refractivity contribution in [3.8, 4) is 11.5 Å². The molecular formula is C15H13N3O4. The van der Waals surface area contributed by atoms with Crippen molar-refractivity contribution in [2.24, 2.45) is 0 Å². The van der Waals surface area contributed by atoms with Crippen molar-refractivity contribution >= 4 is 11.6 Å². The monoisotopic (exact) mass is 299 g/mol. The Labute approximate surface area is 125 Å². The first kappa shape index (κ1) is 13.9. The maximum atomic E-state index is 11.6. The van der Waals surface area contributed by atoms with Gasteiger partial charge in [-0.3, -0.25) is 4.40 Å². The third kappa shape index (κ3) is 2.69. The van der Waals surface area contributed by atoms with Crippen molar-refractivity contribution in [3.05, 3.63) is 54.0 Å². The van der Waals surface area contributed by atoms with Gasteiger partial charge >= 0.3 is 5.97 Å². The standard InChI is InChI=1S/C15H13N3O4/c1-21-15(20)10-2-7-13-16-17-14(18(13)8-10)9-22-12-5-3-11(19)4-6-12/h2-8,19H,9H2,1H3. The average Bonchev–Trinajstić information content (AvgIpc) is 2.96. The first-order chi connectivity index (χ1) is 10.7. The first-order valence-corrected chi connectivity index (χ1v) is 6.51. The number of fused-ring (bicyclic) bond motifs is 1. The molecule has 1 aromatic carbocycles. The zero-order chi connectivity index (χ0) is 15.5. The molecule has 0 aliphatic heterocycles. The van der Waals surface area contributed by atoms with Crippen LogP contribution in [0.4, 0.5) is 0 Å². The minimum Gasteiger partial charge on any atom is -0.508 e. The van der Waals surface area contributed by atoms with Gasteiger partial charge in [-0.05, 0) is 36.4 Å². The van der Waals surface area contributed by atoms with Gasteiger partial charge in [-0.1, -0.05) is 0 Å². The molecule has 1 N–H and O–H groups in total. The molecule has 0 saturated carbocycles. The maximum Gasteiger partial charge on any atom is 0.339 e. The highest BCUT2D eigenvalue weighted by Gasteiger charge is 2.11. The molecule has 0 amide bonds. The number of nitrogens with zero attached hydrogens (tertiary/aromatic N) is 3. The van der Waals surface area contributed by atoms with Gasteiger partial charge in [0.25, 0.3) is 0 Å². The van der Waals surface area contributed by atoms with E-state index in [9.17, 15) is 9.90 Å². The number of rotatable bonds is 4. The third-order valence-corrected chi connectivity index (χ3v) is 3.10. The van der Waals surface area contributed by atoms with E-state index in [1.807, 2.05) is 0 Å². The van der Waals surface area contributed by atoms with Gasteiger partial charge in [0.05, 0.1) is 12.7 Å². The second-order valence-electron chi connectivity index (χ2n) is 4.54. The average molecular weight is 299 g/mol. The Hall–Kier alpha value is -3.09. The van der Waals surface area contributed by atoms with Crippen LogP contribution in [0.25, 0.3) is 5.65 Å². The first-order valence-electron chi connectivity index (χ1n) is 6.51. The molecule has 0 fully saturated rings. The fourth-order valence-corrected chi connectivity index (χ4v) is 1.97. The van der Waals surface area contributed by atoms with Crippen molar-refractivity contribution in [1.29, 1.82) is 0 Å². The van der Waals surface area contributed by atoms with Crippen LogP contribution in [-0.2, 0) is 11.3 Å². The zero-order valence-corrected chi connectivity index (χ0v) is 11.8. The van der Waals surface area contributed by atoms with E-state index in [1.165, 1.54) is 19.2 Å². The number of hydrogen-bond donors (Lipinski definition) is 1. The largest absolute Gasteiger partial charge is 0.508 e. The van der Waals surface area contributed by atoms with E-state index in [1.54, 1.807) is 34.9 Å². The number of carbonyl (C=O) groups is 1. The Morgan fingerprint density at radius 3 is 2.68 bits per heavy atom. The smallest absolute Gasteiger partial charge is 0.339 e. The Kier molecular flexibility index (Phi) is 3.61. The Morgan fingerprint density at radius 1 is 1.18 bits per heavy atom. The van der Waals surface area contributed by atoms with Crippen molar-refractivity contribution in [1.82, 2.24) is 14.6 Å². The normalized spacial score (nSPS) is 10.6. The minimum atomic E-state index is -0.430. The number of phenolic OH excluding ortho intramolecular Hbond substituents is 1. The summed E-state index contributed by atoms with van der Waals surface area (Å²) in [5, 5.41) is 17.3. The van der Waals surface area contributed by atoms with E-state index in [0.29, 0.717) is 22.8 Å². The number of phenols is 1. The van der Waals surface area contributed by atoms with Gasteiger partial charge < -0.3 is 14.6 Å². The second kappa shape index (κ2) is 5.72. The Bertz CT molecular complexity index is 811. The number of benzene rings is 1. The molecule has 22 heavy (non-hydrogen) atoms. The molecule has 0 spiro atoms. The van der Waals surface area contributed by atoms with Crippen molar-refractivity contribution in [3.63, 3.8) is 0 Å². The summed E-state index contributed by atoms with van der Waals surface area (Å²) in [6.45, 7) is 0.177. The second-order valence-corrected chi connectivity index (χ2v) is 4.54. The number of hydrogen-bond acceptors (Lipinski definition) is 6. The van der Waals surface area contributed by atoms with Crippen LogP contribution in [0.2, 0.25) is 0 Å². The minimum absolute atomic E-state index is 0.169. The Morgan fingerprint density at radius 2 is 1.95 bits per heavy atom. The van der Waals surface area contributed by atoms with Gasteiger partial charge in [-0.15, -0.1) is 10.2 Å². The van der Waals surface area contributed by atoms with Crippen LogP contribution in [0, 0.1) is 0 Å². The van der Waals surface area contributed by atoms with E-state index < -0.39 is 5.97 Å². The fraction of sp³-hybridized carbons (Fsp3) is 0.133. The quantitative estimate of drug-likeness (QED) is 0.739. The number of esters is 1. The van der Waals surface area contributed by atoms with Gasteiger partial charge in [0, 0.05) is 6.20 Å². The van der Waals surface area contributed by atoms with Crippen molar-refractivity contribution in [2.45, 2.75) is 6.61 Å². The SMILES string of the molecule is COC(=O)c1ccc2nnc(COc3ccc(O)cc3)n2c1. The summed E-state index contributed by atoms with van der Waals surface area (Å²) >= 11 is 0. The molecule has 112 valence electrons. The van der Waals surface area contributed by atoms with Crippen LogP contribution < -0.4 is 4.74 Å². The van der Waals surface area contributed by atoms with Gasteiger partial charge in [-0.2, -0.15) is 0 Å². The molecule has 2 aromatic heterocycles. The lowest BCUT2D eigenvalue weighted by molar-refractivity contribution is 0.0600. The highest BCUT2D eigenvalue weighted by atomic mass is 16.5. The molecular weight excluding hydrogens is 286 g/mol. The number of pyridine rings is 1. The molecule has 0 unspecified atom stereocenters. The molecule has 0 radical (unpaired) electrons. The molecule has 3 rings (SSSR count). The third-order valence-electron chi connectivity index (χ3n) is 3.10. The fourth-order valence-electron chi connectivity index (χ4n) is 1.97. The lowest BCUT2D eigenvalue weighted by atomic mass is 10.3. The molecule has 2 heterocycles. The van der Waals surface area contributed by atoms with E-state index in [0.717, 1.165) is 0 Å². The summed E-state index contributed by atoms with van der Waals surface area (Å²) < 4.78 is 12.0. The summed E-state index contributed by atoms with van der Waals surface area (Å²) in [6, 6.07) is 9.68. The van der Waals surface area contributed by atoms with Gasteiger partial charge in [0.2, 0.25) is 0 Å². The zero-order valence-electron chi connectivity index (χ0n) is 11.8. The van der Waals surface area contributed by atoms with Crippen molar-refractivity contribution < 1.29 is 19.4 Å². The van der Waals surface area contributed by atoms with Gasteiger partial charge in [-0.25, -0.2) is 4.79 Å². The molecule has 0 atom stereocenters.